The summed E-state index contributed by atoms with van der Waals surface area (Å²) in [6.45, 7) is 4.76. The van der Waals surface area contributed by atoms with Crippen LogP contribution < -0.4 is 5.32 Å². The van der Waals surface area contributed by atoms with E-state index in [1.54, 1.807) is 16.8 Å². The van der Waals surface area contributed by atoms with Gasteiger partial charge in [0.2, 0.25) is 5.91 Å². The van der Waals surface area contributed by atoms with Crippen molar-refractivity contribution in [3.63, 3.8) is 0 Å². The van der Waals surface area contributed by atoms with Gasteiger partial charge in [-0.1, -0.05) is 36.9 Å². The van der Waals surface area contributed by atoms with E-state index in [4.69, 9.17) is 12.2 Å². The number of hydrogen-bond donors (Lipinski definition) is 1. The van der Waals surface area contributed by atoms with E-state index in [-0.39, 0.29) is 11.7 Å². The van der Waals surface area contributed by atoms with Crippen LogP contribution in [0.15, 0.2) is 28.6 Å². The zero-order valence-corrected chi connectivity index (χ0v) is 14.7. The summed E-state index contributed by atoms with van der Waals surface area (Å²) >= 11 is 7.95. The highest BCUT2D eigenvalue weighted by Crippen LogP contribution is 2.24. The van der Waals surface area contributed by atoms with Crippen molar-refractivity contribution in [3.05, 3.63) is 34.0 Å². The molecule has 0 bridgehead atoms. The average molecular weight is 358 g/mol. The maximum atomic E-state index is 12.9. The smallest absolute Gasteiger partial charge is 0.230 e. The van der Waals surface area contributed by atoms with E-state index in [1.165, 1.54) is 35.2 Å². The summed E-state index contributed by atoms with van der Waals surface area (Å²) in [5.74, 6) is 0.405. The van der Waals surface area contributed by atoms with Crippen molar-refractivity contribution in [2.45, 2.75) is 18.2 Å². The molecule has 1 aromatic heterocycles. The molecule has 0 spiro atoms. The fourth-order valence-corrected chi connectivity index (χ4v) is 3.75. The van der Waals surface area contributed by atoms with E-state index in [0.717, 1.165) is 0 Å². The van der Waals surface area contributed by atoms with Crippen molar-refractivity contribution >= 4 is 41.2 Å². The topological polar surface area (TPSA) is 46.9 Å². The maximum Gasteiger partial charge on any atom is 0.230 e. The fraction of sp³-hybridized carbons (Fsp3) is 0.357. The summed E-state index contributed by atoms with van der Waals surface area (Å²) in [5.41, 5.74) is 0.707. The second-order valence-electron chi connectivity index (χ2n) is 5.01. The van der Waals surface area contributed by atoms with Crippen LogP contribution in [0, 0.1) is 15.7 Å². The zero-order chi connectivity index (χ0) is 16.1. The number of halogens is 1. The van der Waals surface area contributed by atoms with Crippen LogP contribution in [-0.4, -0.2) is 28.0 Å². The first-order valence-corrected chi connectivity index (χ1v) is 8.92. The minimum atomic E-state index is -0.304. The lowest BCUT2D eigenvalue weighted by molar-refractivity contribution is -0.118. The average Bonchev–Trinajstić information content (AvgIpc) is 2.85. The number of thioether (sulfide) groups is 1. The molecular formula is C14H16FN3OS3. The molecule has 0 saturated carbocycles. The van der Waals surface area contributed by atoms with Gasteiger partial charge in [-0.15, -0.1) is 5.10 Å². The summed E-state index contributed by atoms with van der Waals surface area (Å²) in [4.78, 5) is 11.7. The SMILES string of the molecule is CC(C)CNC(=O)CSc1nn(-c2ccc(F)cc2)c(=S)s1. The molecule has 0 fully saturated rings. The van der Waals surface area contributed by atoms with Gasteiger partial charge in [0.25, 0.3) is 0 Å². The van der Waals surface area contributed by atoms with Crippen LogP contribution in [0.1, 0.15) is 13.8 Å². The molecule has 118 valence electrons. The lowest BCUT2D eigenvalue weighted by Gasteiger charge is -2.06. The van der Waals surface area contributed by atoms with Crippen LogP contribution in [-0.2, 0) is 4.79 Å². The zero-order valence-electron chi connectivity index (χ0n) is 12.2. The summed E-state index contributed by atoms with van der Waals surface area (Å²) in [6.07, 6.45) is 0. The second-order valence-corrected chi connectivity index (χ2v) is 7.85. The molecule has 1 N–H and O–H groups in total. The van der Waals surface area contributed by atoms with Gasteiger partial charge in [0, 0.05) is 6.54 Å². The molecule has 2 rings (SSSR count). The number of carbonyl (C=O) groups is 1. The molecule has 1 heterocycles. The number of benzene rings is 1. The minimum Gasteiger partial charge on any atom is -0.355 e. The molecule has 0 aliphatic heterocycles. The van der Waals surface area contributed by atoms with Gasteiger partial charge >= 0.3 is 0 Å². The summed E-state index contributed by atoms with van der Waals surface area (Å²) < 4.78 is 15.8. The van der Waals surface area contributed by atoms with Crippen molar-refractivity contribution < 1.29 is 9.18 Å². The van der Waals surface area contributed by atoms with Gasteiger partial charge < -0.3 is 5.32 Å². The quantitative estimate of drug-likeness (QED) is 0.633. The fourth-order valence-electron chi connectivity index (χ4n) is 1.56. The van der Waals surface area contributed by atoms with Crippen LogP contribution in [0.4, 0.5) is 4.39 Å². The standard InChI is InChI=1S/C14H16FN3OS3/c1-9(2)7-16-12(19)8-21-13-17-18(14(20)22-13)11-5-3-10(15)4-6-11/h3-6,9H,7-8H2,1-2H3,(H,16,19). The summed E-state index contributed by atoms with van der Waals surface area (Å²) in [6, 6.07) is 5.97. The van der Waals surface area contributed by atoms with E-state index in [9.17, 15) is 9.18 Å². The normalized spacial score (nSPS) is 10.9. The summed E-state index contributed by atoms with van der Waals surface area (Å²) in [7, 11) is 0. The van der Waals surface area contributed by atoms with Gasteiger partial charge in [0.1, 0.15) is 5.82 Å². The van der Waals surface area contributed by atoms with E-state index in [2.05, 4.69) is 10.4 Å². The third-order valence-electron chi connectivity index (χ3n) is 2.63. The van der Waals surface area contributed by atoms with Gasteiger partial charge in [0.05, 0.1) is 11.4 Å². The molecular weight excluding hydrogens is 341 g/mol. The Kier molecular flexibility index (Phi) is 6.10. The molecule has 8 heteroatoms. The third kappa shape index (κ3) is 4.89. The summed E-state index contributed by atoms with van der Waals surface area (Å²) in [5, 5.41) is 7.22. The van der Waals surface area contributed by atoms with Crippen molar-refractivity contribution in [2.24, 2.45) is 5.92 Å². The Balaban J connectivity index is 1.99. The van der Waals surface area contributed by atoms with E-state index >= 15 is 0 Å². The predicted molar refractivity (Wildman–Crippen MR) is 90.8 cm³/mol. The Morgan fingerprint density at radius 1 is 1.45 bits per heavy atom. The largest absolute Gasteiger partial charge is 0.355 e. The minimum absolute atomic E-state index is 0.0202. The molecule has 0 aliphatic carbocycles. The Bertz CT molecular complexity index is 694. The number of nitrogens with zero attached hydrogens (tertiary/aromatic N) is 2. The van der Waals surface area contributed by atoms with E-state index in [0.29, 0.717) is 32.2 Å². The highest BCUT2D eigenvalue weighted by atomic mass is 32.2. The Morgan fingerprint density at radius 2 is 2.14 bits per heavy atom. The molecule has 22 heavy (non-hydrogen) atoms. The molecule has 4 nitrogen and oxygen atoms in total. The molecule has 0 saturated heterocycles. The highest BCUT2D eigenvalue weighted by molar-refractivity contribution is 8.01. The highest BCUT2D eigenvalue weighted by Gasteiger charge is 2.09. The van der Waals surface area contributed by atoms with Crippen LogP contribution >= 0.6 is 35.3 Å². The van der Waals surface area contributed by atoms with Gasteiger partial charge in [0.15, 0.2) is 8.29 Å². The number of carbonyl (C=O) groups excluding carboxylic acids is 1. The Hall–Kier alpha value is -1.25. The first-order valence-electron chi connectivity index (χ1n) is 6.71. The van der Waals surface area contributed by atoms with Gasteiger partial charge in [-0.3, -0.25) is 4.79 Å². The number of aromatic nitrogens is 2. The maximum absolute atomic E-state index is 12.9. The van der Waals surface area contributed by atoms with Crippen molar-refractivity contribution in [1.82, 2.24) is 15.1 Å². The second kappa shape index (κ2) is 7.85. The lowest BCUT2D eigenvalue weighted by Crippen LogP contribution is -2.28. The monoisotopic (exact) mass is 357 g/mol. The van der Waals surface area contributed by atoms with Crippen molar-refractivity contribution in [2.75, 3.05) is 12.3 Å². The number of rotatable bonds is 6. The molecule has 1 aromatic carbocycles. The molecule has 2 aromatic rings. The molecule has 0 atom stereocenters. The molecule has 0 radical (unpaired) electrons. The number of hydrogen-bond acceptors (Lipinski definition) is 5. The van der Waals surface area contributed by atoms with Crippen molar-refractivity contribution in [3.8, 4) is 5.69 Å². The van der Waals surface area contributed by atoms with E-state index in [1.807, 2.05) is 13.8 Å². The van der Waals surface area contributed by atoms with Crippen LogP contribution in [0.5, 0.6) is 0 Å². The van der Waals surface area contributed by atoms with Gasteiger partial charge in [-0.05, 0) is 42.4 Å². The third-order valence-corrected chi connectivity index (χ3v) is 5.00. The Labute approximate surface area is 141 Å². The lowest BCUT2D eigenvalue weighted by atomic mass is 10.2. The Morgan fingerprint density at radius 3 is 2.77 bits per heavy atom. The van der Waals surface area contributed by atoms with Crippen LogP contribution in [0.3, 0.4) is 0 Å². The first kappa shape index (κ1) is 17.1. The molecule has 0 unspecified atom stereocenters. The number of nitrogens with one attached hydrogen (secondary N) is 1. The van der Waals surface area contributed by atoms with Gasteiger partial charge in [-0.2, -0.15) is 0 Å². The van der Waals surface area contributed by atoms with Crippen molar-refractivity contribution in [1.29, 1.82) is 0 Å². The van der Waals surface area contributed by atoms with Gasteiger partial charge in [-0.25, -0.2) is 9.07 Å². The molecule has 0 aliphatic rings. The van der Waals surface area contributed by atoms with E-state index < -0.39 is 0 Å². The first-order chi connectivity index (χ1) is 10.5. The van der Waals surface area contributed by atoms with Crippen LogP contribution in [0.25, 0.3) is 5.69 Å². The molecule has 1 amide bonds. The number of amides is 1. The predicted octanol–water partition coefficient (Wildman–Crippen LogP) is 3.67. The van der Waals surface area contributed by atoms with Crippen LogP contribution in [0.2, 0.25) is 0 Å².